The predicted molar refractivity (Wildman–Crippen MR) is 40.3 cm³/mol. The lowest BCUT2D eigenvalue weighted by Gasteiger charge is -2.06. The number of esters is 1. The summed E-state index contributed by atoms with van der Waals surface area (Å²) < 4.78 is 17.4. The number of hydrogen-bond donors (Lipinski definition) is 1. The normalized spacial score (nSPS) is 35.1. The molecule has 4 heteroatoms. The third kappa shape index (κ3) is 1.94. The third-order valence-corrected chi connectivity index (χ3v) is 2.07. The van der Waals surface area contributed by atoms with Crippen LogP contribution in [0.3, 0.4) is 0 Å². The van der Waals surface area contributed by atoms with Gasteiger partial charge in [-0.3, -0.25) is 4.79 Å². The van der Waals surface area contributed by atoms with Crippen molar-refractivity contribution >= 4 is 5.97 Å². The molecule has 1 N–H and O–H groups in total. The van der Waals surface area contributed by atoms with Gasteiger partial charge in [-0.2, -0.15) is 0 Å². The number of carbonyl (C=O) groups excluding carboxylic acids is 1. The monoisotopic (exact) mass is 176 g/mol. The van der Waals surface area contributed by atoms with Crippen LogP contribution in [-0.2, 0) is 9.53 Å². The van der Waals surface area contributed by atoms with E-state index in [0.29, 0.717) is 6.61 Å². The van der Waals surface area contributed by atoms with Gasteiger partial charge in [0.25, 0.3) is 0 Å². The van der Waals surface area contributed by atoms with Crippen LogP contribution >= 0.6 is 0 Å². The van der Waals surface area contributed by atoms with E-state index in [1.807, 2.05) is 0 Å². The molecule has 0 radical (unpaired) electrons. The average molecular weight is 176 g/mol. The SMILES string of the molecule is CCOC(=O)[C@@H]1C[C@@H](O)[C@H](F)C1. The maximum absolute atomic E-state index is 12.7. The average Bonchev–Trinajstić information content (AvgIpc) is 2.33. The minimum Gasteiger partial charge on any atom is -0.466 e. The van der Waals surface area contributed by atoms with Crippen LogP contribution < -0.4 is 0 Å². The Balaban J connectivity index is 2.40. The first kappa shape index (κ1) is 9.45. The maximum Gasteiger partial charge on any atom is 0.309 e. The second-order valence-corrected chi connectivity index (χ2v) is 3.00. The second kappa shape index (κ2) is 3.85. The summed E-state index contributed by atoms with van der Waals surface area (Å²) in [7, 11) is 0. The lowest BCUT2D eigenvalue weighted by atomic mass is 10.1. The summed E-state index contributed by atoms with van der Waals surface area (Å²) in [5.41, 5.74) is 0. The Morgan fingerprint density at radius 3 is 2.75 bits per heavy atom. The summed E-state index contributed by atoms with van der Waals surface area (Å²) in [6, 6.07) is 0. The Morgan fingerprint density at radius 2 is 2.33 bits per heavy atom. The van der Waals surface area contributed by atoms with E-state index in [0.717, 1.165) is 0 Å². The minimum atomic E-state index is -1.26. The molecule has 3 nitrogen and oxygen atoms in total. The molecule has 1 fully saturated rings. The third-order valence-electron chi connectivity index (χ3n) is 2.07. The highest BCUT2D eigenvalue weighted by molar-refractivity contribution is 5.72. The molecule has 0 saturated heterocycles. The molecule has 1 saturated carbocycles. The summed E-state index contributed by atoms with van der Waals surface area (Å²) in [5.74, 6) is -0.841. The van der Waals surface area contributed by atoms with Gasteiger partial charge < -0.3 is 9.84 Å². The summed E-state index contributed by atoms with van der Waals surface area (Å²) in [5, 5.41) is 9.00. The molecular weight excluding hydrogens is 163 g/mol. The molecule has 0 aromatic carbocycles. The molecule has 1 aliphatic carbocycles. The Kier molecular flexibility index (Phi) is 3.03. The van der Waals surface area contributed by atoms with Gasteiger partial charge in [-0.15, -0.1) is 0 Å². The van der Waals surface area contributed by atoms with Crippen molar-refractivity contribution in [3.8, 4) is 0 Å². The quantitative estimate of drug-likeness (QED) is 0.628. The van der Waals surface area contributed by atoms with Gasteiger partial charge in [-0.1, -0.05) is 0 Å². The fourth-order valence-corrected chi connectivity index (χ4v) is 1.42. The molecule has 70 valence electrons. The molecule has 0 bridgehead atoms. The number of carbonyl (C=O) groups is 1. The van der Waals surface area contributed by atoms with E-state index >= 15 is 0 Å². The molecule has 0 spiro atoms. The molecule has 0 unspecified atom stereocenters. The van der Waals surface area contributed by atoms with Crippen LogP contribution in [0.2, 0.25) is 0 Å². The summed E-state index contributed by atoms with van der Waals surface area (Å²) in [4.78, 5) is 11.0. The van der Waals surface area contributed by atoms with Gasteiger partial charge >= 0.3 is 5.97 Å². The van der Waals surface area contributed by atoms with Gasteiger partial charge in [0, 0.05) is 0 Å². The Morgan fingerprint density at radius 1 is 1.67 bits per heavy atom. The van der Waals surface area contributed by atoms with E-state index in [1.165, 1.54) is 0 Å². The first-order valence-corrected chi connectivity index (χ1v) is 4.14. The van der Waals surface area contributed by atoms with E-state index in [2.05, 4.69) is 0 Å². The van der Waals surface area contributed by atoms with Gasteiger partial charge in [0.15, 0.2) is 0 Å². The molecule has 3 atom stereocenters. The van der Waals surface area contributed by atoms with Gasteiger partial charge in [0.1, 0.15) is 6.17 Å². The first-order chi connectivity index (χ1) is 5.65. The number of aliphatic hydroxyl groups excluding tert-OH is 1. The van der Waals surface area contributed by atoms with Crippen LogP contribution in [0.25, 0.3) is 0 Å². The van der Waals surface area contributed by atoms with Gasteiger partial charge in [0.05, 0.1) is 18.6 Å². The van der Waals surface area contributed by atoms with Crippen molar-refractivity contribution in [2.45, 2.75) is 32.0 Å². The predicted octanol–water partition coefficient (Wildman–Crippen LogP) is 0.659. The summed E-state index contributed by atoms with van der Waals surface area (Å²) in [6.07, 6.45) is -1.96. The largest absolute Gasteiger partial charge is 0.466 e. The van der Waals surface area contributed by atoms with E-state index in [-0.39, 0.29) is 12.8 Å². The number of rotatable bonds is 2. The molecule has 0 amide bonds. The highest BCUT2D eigenvalue weighted by Crippen LogP contribution is 2.29. The molecule has 1 aliphatic rings. The van der Waals surface area contributed by atoms with Gasteiger partial charge in [-0.05, 0) is 19.8 Å². The fourth-order valence-electron chi connectivity index (χ4n) is 1.42. The van der Waals surface area contributed by atoms with Crippen molar-refractivity contribution in [3.05, 3.63) is 0 Å². The Bertz CT molecular complexity index is 162. The highest BCUT2D eigenvalue weighted by atomic mass is 19.1. The van der Waals surface area contributed by atoms with Crippen LogP contribution in [-0.4, -0.2) is 30.0 Å². The van der Waals surface area contributed by atoms with Crippen molar-refractivity contribution in [1.82, 2.24) is 0 Å². The van der Waals surface area contributed by atoms with E-state index < -0.39 is 24.2 Å². The first-order valence-electron chi connectivity index (χ1n) is 4.14. The number of halogens is 1. The zero-order valence-corrected chi connectivity index (χ0v) is 7.00. The zero-order chi connectivity index (χ0) is 9.14. The van der Waals surface area contributed by atoms with Crippen molar-refractivity contribution in [2.75, 3.05) is 6.61 Å². The van der Waals surface area contributed by atoms with Crippen LogP contribution in [0.5, 0.6) is 0 Å². The molecule has 12 heavy (non-hydrogen) atoms. The topological polar surface area (TPSA) is 46.5 Å². The molecular formula is C8H13FO3. The standard InChI is InChI=1S/C8H13FO3/c1-2-12-8(11)5-3-6(9)7(10)4-5/h5-7,10H,2-4H2,1H3/t5-,6+,7+/m0/s1. The van der Waals surface area contributed by atoms with E-state index in [4.69, 9.17) is 9.84 Å². The molecule has 0 aromatic rings. The molecule has 0 aliphatic heterocycles. The maximum atomic E-state index is 12.7. The van der Waals surface area contributed by atoms with Crippen LogP contribution in [0.1, 0.15) is 19.8 Å². The highest BCUT2D eigenvalue weighted by Gasteiger charge is 2.37. The number of aliphatic hydroxyl groups is 1. The number of alkyl halides is 1. The van der Waals surface area contributed by atoms with Crippen molar-refractivity contribution in [1.29, 1.82) is 0 Å². The minimum absolute atomic E-state index is 0.0972. The van der Waals surface area contributed by atoms with Crippen LogP contribution in [0.15, 0.2) is 0 Å². The number of ether oxygens (including phenoxy) is 1. The second-order valence-electron chi connectivity index (χ2n) is 3.00. The van der Waals surface area contributed by atoms with Crippen LogP contribution in [0.4, 0.5) is 4.39 Å². The summed E-state index contributed by atoms with van der Waals surface area (Å²) >= 11 is 0. The van der Waals surface area contributed by atoms with Gasteiger partial charge in [-0.25, -0.2) is 4.39 Å². The number of hydrogen-bond acceptors (Lipinski definition) is 3. The molecule has 0 heterocycles. The lowest BCUT2D eigenvalue weighted by Crippen LogP contribution is -2.15. The zero-order valence-electron chi connectivity index (χ0n) is 7.00. The summed E-state index contributed by atoms with van der Waals surface area (Å²) in [6.45, 7) is 2.01. The molecule has 0 aromatic heterocycles. The van der Waals surface area contributed by atoms with Gasteiger partial charge in [0.2, 0.25) is 0 Å². The van der Waals surface area contributed by atoms with Crippen molar-refractivity contribution < 1.29 is 19.0 Å². The Hall–Kier alpha value is -0.640. The van der Waals surface area contributed by atoms with Crippen molar-refractivity contribution in [3.63, 3.8) is 0 Å². The van der Waals surface area contributed by atoms with E-state index in [9.17, 15) is 9.18 Å². The van der Waals surface area contributed by atoms with E-state index in [1.54, 1.807) is 6.92 Å². The lowest BCUT2D eigenvalue weighted by molar-refractivity contribution is -0.148. The fraction of sp³-hybridized carbons (Fsp3) is 0.875. The van der Waals surface area contributed by atoms with Crippen molar-refractivity contribution in [2.24, 2.45) is 5.92 Å². The van der Waals surface area contributed by atoms with Crippen LogP contribution in [0, 0.1) is 5.92 Å². The molecule has 1 rings (SSSR count). The smallest absolute Gasteiger partial charge is 0.309 e. The Labute approximate surface area is 70.5 Å².